The molecule has 0 spiro atoms. The number of nitrogens with zero attached hydrogens (tertiary/aromatic N) is 1. The summed E-state index contributed by atoms with van der Waals surface area (Å²) in [4.78, 5) is 41.2. The van der Waals surface area contributed by atoms with E-state index in [1.807, 2.05) is 0 Å². The van der Waals surface area contributed by atoms with Crippen LogP contribution in [0.25, 0.3) is 0 Å². The van der Waals surface area contributed by atoms with Gasteiger partial charge in [-0.25, -0.2) is 9.79 Å². The monoisotopic (exact) mass is 501 g/mol. The fourth-order valence-electron chi connectivity index (χ4n) is 3.48. The summed E-state index contributed by atoms with van der Waals surface area (Å²) in [7, 11) is 1.25. The first-order valence-corrected chi connectivity index (χ1v) is 11.1. The van der Waals surface area contributed by atoms with Crippen LogP contribution in [-0.2, 0) is 33.3 Å². The molecule has 2 aliphatic rings. The molecule has 35 heavy (non-hydrogen) atoms. The van der Waals surface area contributed by atoms with Crippen LogP contribution in [0.15, 0.2) is 16.8 Å². The maximum absolute atomic E-state index is 13.0. The number of ether oxygens (including phenoxy) is 4. The summed E-state index contributed by atoms with van der Waals surface area (Å²) < 4.78 is 21.8. The number of amides is 1. The highest BCUT2D eigenvalue weighted by atomic mass is 16.7. The molecule has 2 rings (SSSR count). The Hall–Kier alpha value is -2.94. The van der Waals surface area contributed by atoms with Gasteiger partial charge in [0.1, 0.15) is 18.2 Å². The van der Waals surface area contributed by atoms with E-state index >= 15 is 0 Å². The van der Waals surface area contributed by atoms with Gasteiger partial charge in [-0.05, 0) is 12.0 Å². The number of hydrogen-bond donors (Lipinski definition) is 6. The highest BCUT2D eigenvalue weighted by Gasteiger charge is 2.54. The van der Waals surface area contributed by atoms with Gasteiger partial charge >= 0.3 is 11.9 Å². The molecule has 0 aromatic heterocycles. The van der Waals surface area contributed by atoms with Gasteiger partial charge in [0.15, 0.2) is 12.1 Å². The number of hydrogen-bond acceptors (Lipinski definition) is 11. The molecule has 0 bridgehead atoms. The summed E-state index contributed by atoms with van der Waals surface area (Å²) in [5.74, 6) is -4.56. The van der Waals surface area contributed by atoms with Crippen molar-refractivity contribution in [1.82, 2.24) is 5.32 Å². The Kier molecular flexibility index (Phi) is 9.43. The summed E-state index contributed by atoms with van der Waals surface area (Å²) in [6.07, 6.45) is -2.11. The molecule has 9 N–H and O–H groups in total. The second-order valence-electron chi connectivity index (χ2n) is 8.83. The quantitative estimate of drug-likeness (QED) is 0.0737. The Morgan fingerprint density at radius 2 is 1.91 bits per heavy atom. The Morgan fingerprint density at radius 1 is 1.29 bits per heavy atom. The summed E-state index contributed by atoms with van der Waals surface area (Å²) >= 11 is 0. The van der Waals surface area contributed by atoms with Gasteiger partial charge in [0, 0.05) is 26.9 Å². The fraction of sp³-hybridized carbons (Fsp3) is 0.714. The molecule has 0 unspecified atom stereocenters. The molecule has 1 aliphatic carbocycles. The minimum absolute atomic E-state index is 0.186. The zero-order valence-corrected chi connectivity index (χ0v) is 20.2. The van der Waals surface area contributed by atoms with Crippen LogP contribution in [-0.4, -0.2) is 90.0 Å². The van der Waals surface area contributed by atoms with Gasteiger partial charge in [-0.15, -0.1) is 0 Å². The summed E-state index contributed by atoms with van der Waals surface area (Å²) in [6, 6.07) is -2.91. The number of aliphatic hydroxyl groups excluding tert-OH is 2. The van der Waals surface area contributed by atoms with E-state index in [-0.39, 0.29) is 30.5 Å². The van der Waals surface area contributed by atoms with Gasteiger partial charge in [0.25, 0.3) is 5.79 Å². The van der Waals surface area contributed by atoms with Gasteiger partial charge in [-0.2, -0.15) is 0 Å². The molecule has 1 heterocycles. The van der Waals surface area contributed by atoms with Crippen LogP contribution in [0.3, 0.4) is 0 Å². The van der Waals surface area contributed by atoms with Crippen molar-refractivity contribution in [3.8, 4) is 0 Å². The minimum atomic E-state index is -1.48. The number of guanidine groups is 1. The SMILES string of the molecule is CO[C@H]([C@@H]1OC(C(=O)OC2(OC(=O)[C@H](N)C(C)C)CC2)=C[C@H](N=C(N)N)[C@H]1NC(C)=O)[C@H](O)CO. The maximum Gasteiger partial charge on any atom is 0.376 e. The molecule has 0 aromatic carbocycles. The van der Waals surface area contributed by atoms with Crippen molar-refractivity contribution in [3.63, 3.8) is 0 Å². The van der Waals surface area contributed by atoms with Crippen molar-refractivity contribution >= 4 is 23.8 Å². The Labute approximate surface area is 202 Å². The van der Waals surface area contributed by atoms with Crippen LogP contribution in [0.1, 0.15) is 33.6 Å². The van der Waals surface area contributed by atoms with E-state index in [1.54, 1.807) is 13.8 Å². The molecule has 0 aromatic rings. The van der Waals surface area contributed by atoms with Crippen molar-refractivity contribution in [2.24, 2.45) is 28.1 Å². The van der Waals surface area contributed by atoms with Crippen LogP contribution >= 0.6 is 0 Å². The van der Waals surface area contributed by atoms with Gasteiger partial charge in [0.05, 0.1) is 18.7 Å². The minimum Gasteiger partial charge on any atom is -0.478 e. The maximum atomic E-state index is 13.0. The van der Waals surface area contributed by atoms with Crippen molar-refractivity contribution in [1.29, 1.82) is 0 Å². The third kappa shape index (κ3) is 7.27. The predicted molar refractivity (Wildman–Crippen MR) is 121 cm³/mol. The zero-order chi connectivity index (χ0) is 26.5. The molecular weight excluding hydrogens is 466 g/mol. The van der Waals surface area contributed by atoms with Crippen LogP contribution in [0.2, 0.25) is 0 Å². The van der Waals surface area contributed by atoms with E-state index in [4.69, 9.17) is 36.1 Å². The second kappa shape index (κ2) is 11.7. The molecule has 6 atom stereocenters. The smallest absolute Gasteiger partial charge is 0.376 e. The van der Waals surface area contributed by atoms with Crippen LogP contribution < -0.4 is 22.5 Å². The lowest BCUT2D eigenvalue weighted by Crippen LogP contribution is -2.60. The second-order valence-corrected chi connectivity index (χ2v) is 8.83. The van der Waals surface area contributed by atoms with Crippen molar-refractivity contribution in [2.75, 3.05) is 13.7 Å². The number of esters is 2. The van der Waals surface area contributed by atoms with Crippen molar-refractivity contribution in [2.45, 2.75) is 75.8 Å². The first-order chi connectivity index (χ1) is 16.3. The van der Waals surface area contributed by atoms with E-state index in [9.17, 15) is 24.6 Å². The van der Waals surface area contributed by atoms with Crippen LogP contribution in [0.5, 0.6) is 0 Å². The molecule has 1 aliphatic heterocycles. The molecule has 1 fully saturated rings. The molecule has 14 nitrogen and oxygen atoms in total. The number of carbonyl (C=O) groups is 3. The number of methoxy groups -OCH3 is 1. The van der Waals surface area contributed by atoms with Gasteiger partial charge in [-0.3, -0.25) is 9.59 Å². The Morgan fingerprint density at radius 3 is 2.37 bits per heavy atom. The number of rotatable bonds is 11. The van der Waals surface area contributed by atoms with E-state index in [0.717, 1.165) is 0 Å². The Balaban J connectivity index is 2.35. The average Bonchev–Trinajstić information content (AvgIpc) is 3.52. The molecule has 0 saturated heterocycles. The third-order valence-corrected chi connectivity index (χ3v) is 5.55. The summed E-state index contributed by atoms with van der Waals surface area (Å²) in [6.45, 7) is 4.05. The highest BCUT2D eigenvalue weighted by molar-refractivity contribution is 5.88. The fourth-order valence-corrected chi connectivity index (χ4v) is 3.48. The summed E-state index contributed by atoms with van der Waals surface area (Å²) in [5, 5.41) is 22.3. The lowest BCUT2D eigenvalue weighted by Gasteiger charge is -2.40. The van der Waals surface area contributed by atoms with Gasteiger partial charge in [-0.1, -0.05) is 13.8 Å². The third-order valence-electron chi connectivity index (χ3n) is 5.55. The molecule has 1 saturated carbocycles. The standard InChI is InChI=1S/C21H35N5O9/c1-9(2)14(22)19(31)35-21(5-6-21)34-18(30)13-7-11(26-20(23)24)15(25-10(3)28)17(33-13)16(32-4)12(29)8-27/h7,9,11-12,14-17,27,29H,5-6,8,22H2,1-4H3,(H,25,28)(H4,23,24,26)/t11-,12+,14+,15+,16-,17+/m0/s1. The van der Waals surface area contributed by atoms with E-state index in [0.29, 0.717) is 0 Å². The number of carbonyl (C=O) groups excluding carboxylic acids is 3. The van der Waals surface area contributed by atoms with E-state index in [2.05, 4.69) is 10.3 Å². The zero-order valence-electron chi connectivity index (χ0n) is 20.2. The largest absolute Gasteiger partial charge is 0.478 e. The van der Waals surface area contributed by atoms with Crippen molar-refractivity contribution < 1.29 is 43.5 Å². The lowest BCUT2D eigenvalue weighted by molar-refractivity contribution is -0.199. The van der Waals surface area contributed by atoms with E-state index < -0.39 is 66.7 Å². The lowest BCUT2D eigenvalue weighted by atomic mass is 9.92. The van der Waals surface area contributed by atoms with Crippen molar-refractivity contribution in [3.05, 3.63) is 11.8 Å². The molecule has 14 heteroatoms. The molecular formula is C21H35N5O9. The van der Waals surface area contributed by atoms with Crippen LogP contribution in [0, 0.1) is 5.92 Å². The number of nitrogens with one attached hydrogen (secondary N) is 1. The van der Waals surface area contributed by atoms with E-state index in [1.165, 1.54) is 20.1 Å². The average molecular weight is 502 g/mol. The molecule has 1 amide bonds. The normalized spacial score (nSPS) is 25.3. The highest BCUT2D eigenvalue weighted by Crippen LogP contribution is 2.42. The van der Waals surface area contributed by atoms with Crippen LogP contribution in [0.4, 0.5) is 0 Å². The molecule has 0 radical (unpaired) electrons. The topological polar surface area (TPSA) is 231 Å². The summed E-state index contributed by atoms with van der Waals surface area (Å²) in [5.41, 5.74) is 16.9. The first kappa shape index (κ1) is 28.3. The van der Waals surface area contributed by atoms with Gasteiger partial charge < -0.3 is 51.7 Å². The number of aliphatic hydroxyl groups is 2. The number of aliphatic imine (C=N–C) groups is 1. The first-order valence-electron chi connectivity index (χ1n) is 11.1. The Bertz CT molecular complexity index is 854. The predicted octanol–water partition coefficient (Wildman–Crippen LogP) is -2.66. The number of nitrogens with two attached hydrogens (primary N) is 3. The van der Waals surface area contributed by atoms with Gasteiger partial charge in [0.2, 0.25) is 11.7 Å². The molecule has 198 valence electrons.